The SMILES string of the molecule is CCc1ccccc1CNc1nc(Cl)c(C(=O)OC)s1. The van der Waals surface area contributed by atoms with Gasteiger partial charge in [0.15, 0.2) is 15.2 Å². The van der Waals surface area contributed by atoms with Gasteiger partial charge < -0.3 is 10.1 Å². The number of thiazole rings is 1. The van der Waals surface area contributed by atoms with Crippen LogP contribution in [0.2, 0.25) is 5.15 Å². The summed E-state index contributed by atoms with van der Waals surface area (Å²) in [6.45, 7) is 2.77. The highest BCUT2D eigenvalue weighted by Crippen LogP contribution is 2.28. The Kier molecular flexibility index (Phi) is 4.98. The van der Waals surface area contributed by atoms with Gasteiger partial charge >= 0.3 is 5.97 Å². The molecule has 0 unspecified atom stereocenters. The van der Waals surface area contributed by atoms with Gasteiger partial charge in [0.05, 0.1) is 7.11 Å². The van der Waals surface area contributed by atoms with Crippen molar-refractivity contribution < 1.29 is 9.53 Å². The van der Waals surface area contributed by atoms with Crippen LogP contribution in [-0.2, 0) is 17.7 Å². The molecule has 1 N–H and O–H groups in total. The number of hydrogen-bond acceptors (Lipinski definition) is 5. The van der Waals surface area contributed by atoms with Gasteiger partial charge in [0.2, 0.25) is 0 Å². The zero-order valence-electron chi connectivity index (χ0n) is 11.3. The molecule has 20 heavy (non-hydrogen) atoms. The third-order valence-corrected chi connectivity index (χ3v) is 4.26. The lowest BCUT2D eigenvalue weighted by Crippen LogP contribution is -2.01. The van der Waals surface area contributed by atoms with Crippen molar-refractivity contribution in [1.82, 2.24) is 4.98 Å². The molecule has 0 aliphatic heterocycles. The average Bonchev–Trinajstić information content (AvgIpc) is 2.85. The van der Waals surface area contributed by atoms with E-state index in [4.69, 9.17) is 11.6 Å². The van der Waals surface area contributed by atoms with Crippen molar-refractivity contribution in [2.45, 2.75) is 19.9 Å². The summed E-state index contributed by atoms with van der Waals surface area (Å²) in [7, 11) is 1.32. The second-order valence-corrected chi connectivity index (χ2v) is 5.46. The molecule has 1 aromatic carbocycles. The van der Waals surface area contributed by atoms with Crippen LogP contribution in [0, 0.1) is 0 Å². The van der Waals surface area contributed by atoms with E-state index in [2.05, 4.69) is 34.1 Å². The minimum Gasteiger partial charge on any atom is -0.465 e. The molecule has 4 nitrogen and oxygen atoms in total. The van der Waals surface area contributed by atoms with Crippen molar-refractivity contribution in [3.63, 3.8) is 0 Å². The van der Waals surface area contributed by atoms with E-state index in [-0.39, 0.29) is 5.15 Å². The van der Waals surface area contributed by atoms with Crippen LogP contribution in [-0.4, -0.2) is 18.1 Å². The Morgan fingerprint density at radius 3 is 2.75 bits per heavy atom. The zero-order valence-corrected chi connectivity index (χ0v) is 12.8. The largest absolute Gasteiger partial charge is 0.465 e. The van der Waals surface area contributed by atoms with Gasteiger partial charge in [-0.15, -0.1) is 0 Å². The maximum absolute atomic E-state index is 11.5. The molecule has 106 valence electrons. The van der Waals surface area contributed by atoms with Gasteiger partial charge in [-0.25, -0.2) is 9.78 Å². The van der Waals surface area contributed by atoms with Gasteiger partial charge in [-0.3, -0.25) is 0 Å². The van der Waals surface area contributed by atoms with Crippen LogP contribution in [0.3, 0.4) is 0 Å². The normalized spacial score (nSPS) is 10.3. The fraction of sp³-hybridized carbons (Fsp3) is 0.286. The van der Waals surface area contributed by atoms with Crippen LogP contribution in [0.25, 0.3) is 0 Å². The summed E-state index contributed by atoms with van der Waals surface area (Å²) in [5.41, 5.74) is 2.50. The van der Waals surface area contributed by atoms with E-state index in [1.807, 2.05) is 12.1 Å². The molecule has 1 heterocycles. The number of hydrogen-bond donors (Lipinski definition) is 1. The fourth-order valence-corrected chi connectivity index (χ4v) is 2.94. The number of rotatable bonds is 5. The molecule has 0 saturated heterocycles. The maximum Gasteiger partial charge on any atom is 0.351 e. The molecule has 0 aliphatic carbocycles. The van der Waals surface area contributed by atoms with E-state index in [0.717, 1.165) is 6.42 Å². The van der Waals surface area contributed by atoms with Crippen LogP contribution >= 0.6 is 22.9 Å². The molecule has 0 spiro atoms. The summed E-state index contributed by atoms with van der Waals surface area (Å²) in [4.78, 5) is 15.9. The summed E-state index contributed by atoms with van der Waals surface area (Å²) in [5, 5.41) is 3.98. The van der Waals surface area contributed by atoms with Crippen LogP contribution in [0.5, 0.6) is 0 Å². The molecule has 6 heteroatoms. The molecule has 1 aromatic heterocycles. The number of nitrogens with one attached hydrogen (secondary N) is 1. The van der Waals surface area contributed by atoms with Crippen LogP contribution in [0.4, 0.5) is 5.13 Å². The molecule has 0 bridgehead atoms. The Morgan fingerprint density at radius 2 is 2.10 bits per heavy atom. The topological polar surface area (TPSA) is 51.2 Å². The summed E-state index contributed by atoms with van der Waals surface area (Å²) >= 11 is 7.11. The fourth-order valence-electron chi connectivity index (χ4n) is 1.84. The number of methoxy groups -OCH3 is 1. The number of carbonyl (C=O) groups is 1. The molecule has 0 aliphatic rings. The molecule has 2 aromatic rings. The monoisotopic (exact) mass is 310 g/mol. The standard InChI is InChI=1S/C14H15ClN2O2S/c1-3-9-6-4-5-7-10(9)8-16-14-17-12(15)11(20-14)13(18)19-2/h4-7H,3,8H2,1-2H3,(H,16,17). The van der Waals surface area contributed by atoms with E-state index in [1.54, 1.807) is 0 Å². The number of esters is 1. The molecular formula is C14H15ClN2O2S. The van der Waals surface area contributed by atoms with Crippen molar-refractivity contribution in [3.8, 4) is 0 Å². The molecule has 0 fully saturated rings. The Morgan fingerprint density at radius 1 is 1.40 bits per heavy atom. The average molecular weight is 311 g/mol. The van der Waals surface area contributed by atoms with Crippen molar-refractivity contribution in [2.24, 2.45) is 0 Å². The highest BCUT2D eigenvalue weighted by atomic mass is 35.5. The summed E-state index contributed by atoms with van der Waals surface area (Å²) in [6, 6.07) is 8.21. The Balaban J connectivity index is 2.10. The van der Waals surface area contributed by atoms with Gasteiger partial charge in [-0.2, -0.15) is 0 Å². The predicted octanol–water partition coefficient (Wildman–Crippen LogP) is 3.76. The van der Waals surface area contributed by atoms with E-state index >= 15 is 0 Å². The van der Waals surface area contributed by atoms with E-state index in [1.165, 1.54) is 29.6 Å². The number of benzene rings is 1. The number of carbonyl (C=O) groups excluding carboxylic acids is 1. The molecule has 2 rings (SSSR count). The summed E-state index contributed by atoms with van der Waals surface area (Å²) < 4.78 is 4.65. The van der Waals surface area contributed by atoms with E-state index < -0.39 is 5.97 Å². The van der Waals surface area contributed by atoms with E-state index in [9.17, 15) is 4.79 Å². The van der Waals surface area contributed by atoms with Crippen LogP contribution in [0.15, 0.2) is 24.3 Å². The van der Waals surface area contributed by atoms with Crippen molar-refractivity contribution in [1.29, 1.82) is 0 Å². The number of ether oxygens (including phenoxy) is 1. The lowest BCUT2D eigenvalue weighted by molar-refractivity contribution is 0.0606. The predicted molar refractivity (Wildman–Crippen MR) is 81.6 cm³/mol. The third kappa shape index (κ3) is 3.29. The summed E-state index contributed by atoms with van der Waals surface area (Å²) in [5.74, 6) is -0.463. The first-order chi connectivity index (χ1) is 9.65. The molecule has 0 atom stereocenters. The molecule has 0 radical (unpaired) electrons. The smallest absolute Gasteiger partial charge is 0.351 e. The highest BCUT2D eigenvalue weighted by Gasteiger charge is 2.17. The van der Waals surface area contributed by atoms with Gasteiger partial charge in [-0.05, 0) is 17.5 Å². The van der Waals surface area contributed by atoms with Crippen molar-refractivity contribution in [3.05, 3.63) is 45.4 Å². The van der Waals surface area contributed by atoms with Crippen molar-refractivity contribution in [2.75, 3.05) is 12.4 Å². The third-order valence-electron chi connectivity index (χ3n) is 2.89. The number of nitrogens with zero attached hydrogens (tertiary/aromatic N) is 1. The van der Waals surface area contributed by atoms with Gasteiger partial charge in [0.1, 0.15) is 0 Å². The Bertz CT molecular complexity index is 613. The molecular weight excluding hydrogens is 296 g/mol. The number of aryl methyl sites for hydroxylation is 1. The molecule has 0 saturated carbocycles. The quantitative estimate of drug-likeness (QED) is 0.854. The van der Waals surface area contributed by atoms with Crippen LogP contribution in [0.1, 0.15) is 27.7 Å². The van der Waals surface area contributed by atoms with Gasteiger partial charge in [-0.1, -0.05) is 54.1 Å². The number of halogens is 1. The highest BCUT2D eigenvalue weighted by molar-refractivity contribution is 7.18. The van der Waals surface area contributed by atoms with Gasteiger partial charge in [0.25, 0.3) is 0 Å². The number of anilines is 1. The second-order valence-electron chi connectivity index (χ2n) is 4.11. The minimum absolute atomic E-state index is 0.174. The number of aromatic nitrogens is 1. The lowest BCUT2D eigenvalue weighted by Gasteiger charge is -2.07. The Labute approximate surface area is 126 Å². The lowest BCUT2D eigenvalue weighted by atomic mass is 10.1. The molecule has 0 amide bonds. The zero-order chi connectivity index (χ0) is 14.5. The first kappa shape index (κ1) is 14.8. The minimum atomic E-state index is -0.463. The second kappa shape index (κ2) is 6.72. The summed E-state index contributed by atoms with van der Waals surface area (Å²) in [6.07, 6.45) is 0.976. The van der Waals surface area contributed by atoms with Crippen molar-refractivity contribution >= 4 is 34.0 Å². The first-order valence-electron chi connectivity index (χ1n) is 6.21. The Hall–Kier alpha value is -1.59. The first-order valence-corrected chi connectivity index (χ1v) is 7.40. The van der Waals surface area contributed by atoms with Gasteiger partial charge in [0, 0.05) is 6.54 Å². The van der Waals surface area contributed by atoms with Crippen LogP contribution < -0.4 is 5.32 Å². The van der Waals surface area contributed by atoms with E-state index in [0.29, 0.717) is 16.6 Å². The maximum atomic E-state index is 11.5.